The van der Waals surface area contributed by atoms with Gasteiger partial charge in [-0.15, -0.1) is 0 Å². The number of nitrogens with zero attached hydrogens (tertiary/aromatic N) is 1. The molecule has 0 saturated carbocycles. The van der Waals surface area contributed by atoms with E-state index in [0.29, 0.717) is 11.1 Å². The van der Waals surface area contributed by atoms with E-state index in [9.17, 15) is 4.39 Å². The predicted molar refractivity (Wildman–Crippen MR) is 75.0 cm³/mol. The van der Waals surface area contributed by atoms with E-state index in [1.807, 2.05) is 25.1 Å². The maximum atomic E-state index is 14.8. The molecule has 3 rings (SSSR count). The number of rotatable bonds is 2. The lowest BCUT2D eigenvalue weighted by Gasteiger charge is -2.15. The summed E-state index contributed by atoms with van der Waals surface area (Å²) in [5, 5.41) is 3.25. The monoisotopic (exact) mass is 257 g/mol. The quantitative estimate of drug-likeness (QED) is 0.869. The van der Waals surface area contributed by atoms with Gasteiger partial charge in [-0.3, -0.25) is 0 Å². The number of hydrogen-bond donors (Lipinski definition) is 2. The third-order valence-electron chi connectivity index (χ3n) is 3.51. The molecule has 2 heterocycles. The Balaban J connectivity index is 2.07. The number of hydrogen-bond acceptors (Lipinski definition) is 3. The lowest BCUT2D eigenvalue weighted by Crippen LogP contribution is -2.05. The number of para-hydroxylation sites is 1. The van der Waals surface area contributed by atoms with Gasteiger partial charge >= 0.3 is 0 Å². The summed E-state index contributed by atoms with van der Waals surface area (Å²) in [7, 11) is 0. The minimum absolute atomic E-state index is 0.258. The molecular weight excluding hydrogens is 241 g/mol. The molecule has 1 atom stereocenters. The first-order valence-corrected chi connectivity index (χ1v) is 6.38. The molecule has 0 fully saturated rings. The van der Waals surface area contributed by atoms with E-state index < -0.39 is 6.17 Å². The fourth-order valence-electron chi connectivity index (χ4n) is 2.55. The Labute approximate surface area is 111 Å². The zero-order valence-electron chi connectivity index (χ0n) is 10.8. The lowest BCUT2D eigenvalue weighted by atomic mass is 9.98. The summed E-state index contributed by atoms with van der Waals surface area (Å²) in [5.74, 6) is 0.258. The number of nitrogen functional groups attached to an aromatic ring is 1. The van der Waals surface area contributed by atoms with E-state index in [0.717, 1.165) is 24.2 Å². The molecule has 1 aliphatic heterocycles. The summed E-state index contributed by atoms with van der Waals surface area (Å²) in [4.78, 5) is 4.04. The van der Waals surface area contributed by atoms with E-state index >= 15 is 0 Å². The van der Waals surface area contributed by atoms with Crippen LogP contribution in [0.1, 0.15) is 28.4 Å². The standard InChI is InChI=1S/C15H16FN3/c1-9-7-12(15(17)19-8-9)13(16)11-4-2-3-10-5-6-18-14(10)11/h2-4,7-8,13,18H,5-6H2,1H3,(H2,17,19). The fourth-order valence-corrected chi connectivity index (χ4v) is 2.55. The second-order valence-electron chi connectivity index (χ2n) is 4.91. The van der Waals surface area contributed by atoms with Crippen molar-refractivity contribution in [1.82, 2.24) is 4.98 Å². The van der Waals surface area contributed by atoms with Gasteiger partial charge in [-0.2, -0.15) is 0 Å². The van der Waals surface area contributed by atoms with E-state index in [2.05, 4.69) is 10.3 Å². The van der Waals surface area contributed by atoms with Crippen LogP contribution in [-0.4, -0.2) is 11.5 Å². The van der Waals surface area contributed by atoms with Gasteiger partial charge < -0.3 is 11.1 Å². The molecule has 3 nitrogen and oxygen atoms in total. The largest absolute Gasteiger partial charge is 0.384 e. The van der Waals surface area contributed by atoms with Crippen molar-refractivity contribution < 1.29 is 4.39 Å². The van der Waals surface area contributed by atoms with Crippen LogP contribution in [0.3, 0.4) is 0 Å². The van der Waals surface area contributed by atoms with Crippen molar-refractivity contribution in [3.63, 3.8) is 0 Å². The van der Waals surface area contributed by atoms with Gasteiger partial charge in [-0.05, 0) is 30.5 Å². The number of fused-ring (bicyclic) bond motifs is 1. The molecule has 0 amide bonds. The predicted octanol–water partition coefficient (Wildman–Crippen LogP) is 3.00. The first-order chi connectivity index (χ1) is 9.16. The van der Waals surface area contributed by atoms with Crippen LogP contribution < -0.4 is 11.1 Å². The first kappa shape index (κ1) is 12.0. The number of anilines is 2. The van der Waals surface area contributed by atoms with Crippen molar-refractivity contribution in [1.29, 1.82) is 0 Å². The molecule has 2 aromatic rings. The number of nitrogens with one attached hydrogen (secondary N) is 1. The molecule has 0 spiro atoms. The molecule has 19 heavy (non-hydrogen) atoms. The minimum atomic E-state index is -1.24. The number of aryl methyl sites for hydroxylation is 1. The Bertz CT molecular complexity index is 625. The molecular formula is C15H16FN3. The van der Waals surface area contributed by atoms with E-state index in [1.54, 1.807) is 12.3 Å². The highest BCUT2D eigenvalue weighted by Gasteiger charge is 2.23. The van der Waals surface area contributed by atoms with Crippen LogP contribution in [0, 0.1) is 6.92 Å². The van der Waals surface area contributed by atoms with Gasteiger partial charge in [0.15, 0.2) is 6.17 Å². The lowest BCUT2D eigenvalue weighted by molar-refractivity contribution is 0.403. The molecule has 1 aliphatic rings. The van der Waals surface area contributed by atoms with Crippen LogP contribution >= 0.6 is 0 Å². The zero-order chi connectivity index (χ0) is 13.4. The molecule has 4 heteroatoms. The normalized spacial score (nSPS) is 14.8. The van der Waals surface area contributed by atoms with E-state index in [1.165, 1.54) is 5.56 Å². The van der Waals surface area contributed by atoms with E-state index in [4.69, 9.17) is 5.73 Å². The van der Waals surface area contributed by atoms with Crippen LogP contribution in [0.15, 0.2) is 30.5 Å². The highest BCUT2D eigenvalue weighted by molar-refractivity contribution is 5.64. The molecule has 0 radical (unpaired) electrons. The summed E-state index contributed by atoms with van der Waals surface area (Å²) in [6.07, 6.45) is 1.35. The van der Waals surface area contributed by atoms with Crippen LogP contribution in [-0.2, 0) is 6.42 Å². The van der Waals surface area contributed by atoms with Crippen molar-refractivity contribution in [3.05, 3.63) is 52.7 Å². The van der Waals surface area contributed by atoms with Crippen molar-refractivity contribution in [2.24, 2.45) is 0 Å². The van der Waals surface area contributed by atoms with Gasteiger partial charge in [0.1, 0.15) is 5.82 Å². The maximum Gasteiger partial charge on any atom is 0.156 e. The fraction of sp³-hybridized carbons (Fsp3) is 0.267. The number of pyridine rings is 1. The van der Waals surface area contributed by atoms with Crippen molar-refractivity contribution in [2.75, 3.05) is 17.6 Å². The second-order valence-corrected chi connectivity index (χ2v) is 4.91. The number of benzene rings is 1. The molecule has 1 aromatic heterocycles. The van der Waals surface area contributed by atoms with Crippen molar-refractivity contribution in [2.45, 2.75) is 19.5 Å². The van der Waals surface area contributed by atoms with Crippen LogP contribution in [0.4, 0.5) is 15.9 Å². The molecule has 3 N–H and O–H groups in total. The average Bonchev–Trinajstić information content (AvgIpc) is 2.89. The van der Waals surface area contributed by atoms with Crippen molar-refractivity contribution >= 4 is 11.5 Å². The van der Waals surface area contributed by atoms with Crippen LogP contribution in [0.2, 0.25) is 0 Å². The Morgan fingerprint density at radius 3 is 3.05 bits per heavy atom. The number of alkyl halides is 1. The van der Waals surface area contributed by atoms with Gasteiger partial charge in [0.05, 0.1) is 0 Å². The minimum Gasteiger partial charge on any atom is -0.384 e. The highest BCUT2D eigenvalue weighted by Crippen LogP contribution is 2.37. The van der Waals surface area contributed by atoms with Gasteiger partial charge in [0.2, 0.25) is 0 Å². The molecule has 0 bridgehead atoms. The summed E-state index contributed by atoms with van der Waals surface area (Å²) < 4.78 is 14.8. The van der Waals surface area contributed by atoms with Crippen molar-refractivity contribution in [3.8, 4) is 0 Å². The Hall–Kier alpha value is -2.10. The zero-order valence-corrected chi connectivity index (χ0v) is 10.8. The molecule has 0 saturated heterocycles. The Kier molecular flexibility index (Phi) is 2.85. The van der Waals surface area contributed by atoms with Gasteiger partial charge in [0.25, 0.3) is 0 Å². The Morgan fingerprint density at radius 1 is 1.37 bits per heavy atom. The maximum absolute atomic E-state index is 14.8. The average molecular weight is 257 g/mol. The van der Waals surface area contributed by atoms with Gasteiger partial charge in [-0.25, -0.2) is 9.37 Å². The highest BCUT2D eigenvalue weighted by atomic mass is 19.1. The summed E-state index contributed by atoms with van der Waals surface area (Å²) in [6, 6.07) is 7.50. The third-order valence-corrected chi connectivity index (χ3v) is 3.51. The third kappa shape index (κ3) is 2.03. The molecule has 0 aliphatic carbocycles. The van der Waals surface area contributed by atoms with E-state index in [-0.39, 0.29) is 5.82 Å². The smallest absolute Gasteiger partial charge is 0.156 e. The van der Waals surface area contributed by atoms with Crippen LogP contribution in [0.25, 0.3) is 0 Å². The topological polar surface area (TPSA) is 50.9 Å². The van der Waals surface area contributed by atoms with Crippen LogP contribution in [0.5, 0.6) is 0 Å². The number of halogens is 1. The molecule has 1 unspecified atom stereocenters. The van der Waals surface area contributed by atoms with Gasteiger partial charge in [0, 0.05) is 29.6 Å². The number of aromatic nitrogens is 1. The summed E-state index contributed by atoms with van der Waals surface area (Å²) in [5.41, 5.74) is 9.88. The summed E-state index contributed by atoms with van der Waals surface area (Å²) >= 11 is 0. The second kappa shape index (κ2) is 4.53. The SMILES string of the molecule is Cc1cnc(N)c(C(F)c2cccc3c2NCC3)c1. The molecule has 1 aromatic carbocycles. The first-order valence-electron chi connectivity index (χ1n) is 6.38. The molecule has 98 valence electrons. The Morgan fingerprint density at radius 2 is 2.21 bits per heavy atom. The van der Waals surface area contributed by atoms with Gasteiger partial charge in [-0.1, -0.05) is 18.2 Å². The number of nitrogens with two attached hydrogens (primary N) is 1. The summed E-state index contributed by atoms with van der Waals surface area (Å²) in [6.45, 7) is 2.75.